The van der Waals surface area contributed by atoms with Crippen molar-refractivity contribution in [2.45, 2.75) is 4.90 Å². The number of benzene rings is 1. The second-order valence-corrected chi connectivity index (χ2v) is 4.78. The third-order valence-electron chi connectivity index (χ3n) is 1.49. The number of rotatable bonds is 2. The van der Waals surface area contributed by atoms with Gasteiger partial charge in [0.05, 0.1) is 17.2 Å². The Kier molecular flexibility index (Phi) is 3.26. The molecule has 14 heavy (non-hydrogen) atoms. The van der Waals surface area contributed by atoms with Crippen LogP contribution in [-0.4, -0.2) is 15.5 Å². The van der Waals surface area contributed by atoms with E-state index in [4.69, 9.17) is 33.1 Å². The third-order valence-corrected chi connectivity index (χ3v) is 3.32. The second kappa shape index (κ2) is 3.94. The first-order chi connectivity index (χ1) is 6.36. The van der Waals surface area contributed by atoms with Crippen molar-refractivity contribution in [1.29, 1.82) is 0 Å². The van der Waals surface area contributed by atoms with Gasteiger partial charge in [0.1, 0.15) is 10.6 Å². The molecule has 0 heterocycles. The summed E-state index contributed by atoms with van der Waals surface area (Å²) in [7, 11) is -2.49. The monoisotopic (exact) mass is 255 g/mol. The molecule has 1 aromatic rings. The van der Waals surface area contributed by atoms with Crippen LogP contribution in [0.25, 0.3) is 0 Å². The molecule has 0 atom stereocenters. The molecule has 0 spiro atoms. The fourth-order valence-corrected chi connectivity index (χ4v) is 2.70. The van der Waals surface area contributed by atoms with E-state index >= 15 is 0 Å². The van der Waals surface area contributed by atoms with Gasteiger partial charge in [-0.15, -0.1) is 0 Å². The normalized spacial score (nSPS) is 11.4. The molecule has 0 aliphatic rings. The highest BCUT2D eigenvalue weighted by molar-refractivity contribution is 7.89. The molecular formula is C7H7Cl2NO3S. The number of halogens is 2. The Morgan fingerprint density at radius 2 is 1.71 bits per heavy atom. The van der Waals surface area contributed by atoms with Gasteiger partial charge in [-0.2, -0.15) is 0 Å². The van der Waals surface area contributed by atoms with Gasteiger partial charge in [-0.3, -0.25) is 0 Å². The lowest BCUT2D eigenvalue weighted by Gasteiger charge is -2.06. The van der Waals surface area contributed by atoms with Crippen LogP contribution in [0.5, 0.6) is 5.75 Å². The van der Waals surface area contributed by atoms with Crippen LogP contribution in [0.15, 0.2) is 17.0 Å². The molecule has 0 amide bonds. The summed E-state index contributed by atoms with van der Waals surface area (Å²) < 4.78 is 26.9. The number of ether oxygens (including phenoxy) is 1. The molecule has 2 N–H and O–H groups in total. The molecule has 1 aromatic carbocycles. The quantitative estimate of drug-likeness (QED) is 0.874. The molecule has 0 aliphatic heterocycles. The minimum atomic E-state index is -3.91. The van der Waals surface area contributed by atoms with Crippen LogP contribution in [0.2, 0.25) is 10.0 Å². The summed E-state index contributed by atoms with van der Waals surface area (Å²) in [6.07, 6.45) is 0. The Balaban J connectivity index is 3.48. The highest BCUT2D eigenvalue weighted by Crippen LogP contribution is 2.32. The average Bonchev–Trinajstić information content (AvgIpc) is 1.99. The summed E-state index contributed by atoms with van der Waals surface area (Å²) >= 11 is 11.3. The highest BCUT2D eigenvalue weighted by Gasteiger charge is 2.18. The molecule has 0 fully saturated rings. The third kappa shape index (κ3) is 2.30. The fraction of sp³-hybridized carbons (Fsp3) is 0.143. The van der Waals surface area contributed by atoms with E-state index in [-0.39, 0.29) is 14.9 Å². The van der Waals surface area contributed by atoms with Crippen molar-refractivity contribution in [1.82, 2.24) is 0 Å². The average molecular weight is 256 g/mol. The largest absolute Gasteiger partial charge is 0.497 e. The molecule has 0 bridgehead atoms. The highest BCUT2D eigenvalue weighted by atomic mass is 35.5. The molecule has 7 heteroatoms. The summed E-state index contributed by atoms with van der Waals surface area (Å²) in [5.74, 6) is 0.368. The van der Waals surface area contributed by atoms with E-state index < -0.39 is 10.0 Å². The number of hydrogen-bond acceptors (Lipinski definition) is 3. The smallest absolute Gasteiger partial charge is 0.241 e. The second-order valence-electron chi connectivity index (χ2n) is 2.47. The number of nitrogens with two attached hydrogens (primary N) is 1. The first kappa shape index (κ1) is 11.6. The predicted octanol–water partition coefficient (Wildman–Crippen LogP) is 1.65. The van der Waals surface area contributed by atoms with Crippen LogP contribution >= 0.6 is 23.2 Å². The molecule has 0 radical (unpaired) electrons. The van der Waals surface area contributed by atoms with Crippen LogP contribution in [0.4, 0.5) is 0 Å². The van der Waals surface area contributed by atoms with E-state index in [1.54, 1.807) is 0 Å². The summed E-state index contributed by atoms with van der Waals surface area (Å²) in [4.78, 5) is -0.290. The summed E-state index contributed by atoms with van der Waals surface area (Å²) in [5.41, 5.74) is 0. The van der Waals surface area contributed by atoms with E-state index in [2.05, 4.69) is 0 Å². The number of hydrogen-bond donors (Lipinski definition) is 1. The first-order valence-electron chi connectivity index (χ1n) is 3.42. The molecule has 1 rings (SSSR count). The standard InChI is InChI=1S/C7H7Cl2NO3S/c1-13-4-2-5(8)7(6(9)3-4)14(10,11)12/h2-3H,1H3,(H2,10,11,12). The molecule has 0 saturated carbocycles. The molecule has 0 unspecified atom stereocenters. The zero-order chi connectivity index (χ0) is 10.9. The van der Waals surface area contributed by atoms with Gasteiger partial charge in [0.2, 0.25) is 10.0 Å². The molecule has 0 aromatic heterocycles. The van der Waals surface area contributed by atoms with Crippen LogP contribution in [0.3, 0.4) is 0 Å². The van der Waals surface area contributed by atoms with Crippen molar-refractivity contribution in [2.75, 3.05) is 7.11 Å². The maximum atomic E-state index is 11.0. The fourth-order valence-electron chi connectivity index (χ4n) is 0.926. The van der Waals surface area contributed by atoms with Crippen molar-refractivity contribution in [2.24, 2.45) is 5.14 Å². The Morgan fingerprint density at radius 3 is 2.00 bits per heavy atom. The number of methoxy groups -OCH3 is 1. The summed E-state index contributed by atoms with van der Waals surface area (Å²) in [5, 5.41) is 4.80. The SMILES string of the molecule is COc1cc(Cl)c(S(N)(=O)=O)c(Cl)c1. The van der Waals surface area contributed by atoms with Gasteiger partial charge in [0.15, 0.2) is 0 Å². The van der Waals surface area contributed by atoms with Gasteiger partial charge < -0.3 is 4.74 Å². The molecule has 0 aliphatic carbocycles. The Hall–Kier alpha value is -0.490. The van der Waals surface area contributed by atoms with E-state index in [1.165, 1.54) is 19.2 Å². The first-order valence-corrected chi connectivity index (χ1v) is 5.72. The van der Waals surface area contributed by atoms with Gasteiger partial charge >= 0.3 is 0 Å². The predicted molar refractivity (Wildman–Crippen MR) is 54.4 cm³/mol. The van der Waals surface area contributed by atoms with Crippen molar-refractivity contribution >= 4 is 33.2 Å². The molecule has 78 valence electrons. The maximum absolute atomic E-state index is 11.0. The Morgan fingerprint density at radius 1 is 1.29 bits per heavy atom. The molecule has 0 saturated heterocycles. The van der Waals surface area contributed by atoms with Crippen molar-refractivity contribution in [3.63, 3.8) is 0 Å². The van der Waals surface area contributed by atoms with Crippen LogP contribution in [-0.2, 0) is 10.0 Å². The van der Waals surface area contributed by atoms with E-state index in [0.29, 0.717) is 5.75 Å². The van der Waals surface area contributed by atoms with Crippen LogP contribution in [0, 0.1) is 0 Å². The lowest BCUT2D eigenvalue weighted by molar-refractivity contribution is 0.414. The summed E-state index contributed by atoms with van der Waals surface area (Å²) in [6.45, 7) is 0. The van der Waals surface area contributed by atoms with Crippen molar-refractivity contribution in [3.8, 4) is 5.75 Å². The number of sulfonamides is 1. The lowest BCUT2D eigenvalue weighted by Crippen LogP contribution is -2.13. The zero-order valence-electron chi connectivity index (χ0n) is 7.12. The van der Waals surface area contributed by atoms with Gasteiger partial charge in [0, 0.05) is 12.1 Å². The van der Waals surface area contributed by atoms with Crippen LogP contribution < -0.4 is 9.88 Å². The van der Waals surface area contributed by atoms with Gasteiger partial charge in [-0.1, -0.05) is 23.2 Å². The maximum Gasteiger partial charge on any atom is 0.241 e. The lowest BCUT2D eigenvalue weighted by atomic mass is 10.3. The van der Waals surface area contributed by atoms with Gasteiger partial charge in [-0.25, -0.2) is 13.6 Å². The van der Waals surface area contributed by atoms with E-state index in [1.807, 2.05) is 0 Å². The Labute approximate surface area is 91.6 Å². The van der Waals surface area contributed by atoms with Gasteiger partial charge in [-0.05, 0) is 0 Å². The van der Waals surface area contributed by atoms with Crippen LogP contribution in [0.1, 0.15) is 0 Å². The summed E-state index contributed by atoms with van der Waals surface area (Å²) in [6, 6.07) is 2.65. The number of primary sulfonamides is 1. The minimum absolute atomic E-state index is 0.0585. The minimum Gasteiger partial charge on any atom is -0.497 e. The molecule has 4 nitrogen and oxygen atoms in total. The topological polar surface area (TPSA) is 69.4 Å². The van der Waals surface area contributed by atoms with E-state index in [9.17, 15) is 8.42 Å². The van der Waals surface area contributed by atoms with Crippen molar-refractivity contribution < 1.29 is 13.2 Å². The zero-order valence-corrected chi connectivity index (χ0v) is 9.45. The molecular weight excluding hydrogens is 249 g/mol. The Bertz CT molecular complexity index is 435. The van der Waals surface area contributed by atoms with E-state index in [0.717, 1.165) is 0 Å². The van der Waals surface area contributed by atoms with Gasteiger partial charge in [0.25, 0.3) is 0 Å². The van der Waals surface area contributed by atoms with Crippen molar-refractivity contribution in [3.05, 3.63) is 22.2 Å².